The number of Topliss-reactive ketones (excluding diaryl/α,β-unsaturated/α-hetero) is 1. The Morgan fingerprint density at radius 2 is 1.58 bits per heavy atom. The van der Waals surface area contributed by atoms with Crippen molar-refractivity contribution < 1.29 is 14.3 Å². The molecule has 0 heterocycles. The summed E-state index contributed by atoms with van der Waals surface area (Å²) in [5.74, 6) is -0.256. The highest BCUT2D eigenvalue weighted by Gasteiger charge is 2.33. The van der Waals surface area contributed by atoms with Crippen molar-refractivity contribution in [3.8, 4) is 16.9 Å². The second kappa shape index (κ2) is 10.6. The average Bonchev–Trinajstić information content (AvgIpc) is 2.93. The van der Waals surface area contributed by atoms with Crippen LogP contribution in [0.3, 0.4) is 0 Å². The second-order valence-corrected chi connectivity index (χ2v) is 9.23. The zero-order valence-electron chi connectivity index (χ0n) is 20.3. The highest BCUT2D eigenvalue weighted by atomic mass is 16.5. The van der Waals surface area contributed by atoms with Crippen molar-refractivity contribution in [2.75, 3.05) is 0 Å². The highest BCUT2D eigenvalue weighted by molar-refractivity contribution is 6.11. The molecule has 4 nitrogen and oxygen atoms in total. The van der Waals surface area contributed by atoms with Crippen molar-refractivity contribution in [2.45, 2.75) is 32.4 Å². The Balaban J connectivity index is 1.26. The summed E-state index contributed by atoms with van der Waals surface area (Å²) in [7, 11) is 0. The number of fused-ring (bicyclic) bond motifs is 1. The van der Waals surface area contributed by atoms with E-state index in [0.717, 1.165) is 33.6 Å². The molecule has 36 heavy (non-hydrogen) atoms. The van der Waals surface area contributed by atoms with Gasteiger partial charge in [-0.1, -0.05) is 84.9 Å². The summed E-state index contributed by atoms with van der Waals surface area (Å²) in [6.07, 6.45) is 1.16. The lowest BCUT2D eigenvalue weighted by Crippen LogP contribution is -2.39. The van der Waals surface area contributed by atoms with Gasteiger partial charge in [-0.05, 0) is 65.8 Å². The van der Waals surface area contributed by atoms with Crippen LogP contribution < -0.4 is 10.1 Å². The lowest BCUT2D eigenvalue weighted by atomic mass is 9.82. The third-order valence-electron chi connectivity index (χ3n) is 6.83. The quantitative estimate of drug-likeness (QED) is 0.308. The van der Waals surface area contributed by atoms with Crippen molar-refractivity contribution >= 4 is 11.7 Å². The van der Waals surface area contributed by atoms with Crippen molar-refractivity contribution in [1.82, 2.24) is 5.32 Å². The average molecular weight is 476 g/mol. The van der Waals surface area contributed by atoms with E-state index in [9.17, 15) is 9.59 Å². The smallest absolute Gasteiger partial charge is 0.231 e. The Morgan fingerprint density at radius 1 is 0.889 bits per heavy atom. The van der Waals surface area contributed by atoms with E-state index >= 15 is 0 Å². The minimum atomic E-state index is -0.659. The van der Waals surface area contributed by atoms with Gasteiger partial charge >= 0.3 is 0 Å². The second-order valence-electron chi connectivity index (χ2n) is 9.23. The molecule has 0 fully saturated rings. The molecule has 4 aromatic carbocycles. The summed E-state index contributed by atoms with van der Waals surface area (Å²) in [4.78, 5) is 26.1. The van der Waals surface area contributed by atoms with Gasteiger partial charge in [0.25, 0.3) is 0 Å². The summed E-state index contributed by atoms with van der Waals surface area (Å²) in [5, 5.41) is 3.01. The predicted molar refractivity (Wildman–Crippen MR) is 142 cm³/mol. The standard InChI is InChI=1S/C32H29NO3/c1-22(23-10-4-2-5-11-23)33-32(35)30-18-16-25-20-27(17-19-29(25)31(30)34)36-21-26-14-8-9-15-28(26)24-12-6-3-7-13-24/h2-15,17,19-20,22,30H,16,18,21H2,1H3,(H,33,35)/t22-,30?/m0/s1. The molecule has 0 spiro atoms. The van der Waals surface area contributed by atoms with Crippen LogP contribution >= 0.6 is 0 Å². The van der Waals surface area contributed by atoms with Crippen LogP contribution in [0.5, 0.6) is 5.75 Å². The van der Waals surface area contributed by atoms with Crippen molar-refractivity contribution in [3.05, 3.63) is 125 Å². The van der Waals surface area contributed by atoms with E-state index < -0.39 is 5.92 Å². The first-order valence-corrected chi connectivity index (χ1v) is 12.4. The number of carbonyl (C=O) groups excluding carboxylic acids is 2. The number of amides is 1. The van der Waals surface area contributed by atoms with Crippen LogP contribution in [-0.2, 0) is 17.8 Å². The molecule has 0 aromatic heterocycles. The molecular weight excluding hydrogens is 446 g/mol. The molecule has 0 saturated heterocycles. The van der Waals surface area contributed by atoms with Crippen LogP contribution in [0.2, 0.25) is 0 Å². The van der Waals surface area contributed by atoms with Crippen LogP contribution in [0.4, 0.5) is 0 Å². The normalized spacial score (nSPS) is 15.6. The van der Waals surface area contributed by atoms with E-state index in [-0.39, 0.29) is 17.7 Å². The van der Waals surface area contributed by atoms with E-state index in [4.69, 9.17) is 4.74 Å². The Labute approximate surface area is 212 Å². The Kier molecular flexibility index (Phi) is 6.94. The summed E-state index contributed by atoms with van der Waals surface area (Å²) in [6, 6.07) is 33.7. The SMILES string of the molecule is C[C@H](NC(=O)C1CCc2cc(OCc3ccccc3-c3ccccc3)ccc2C1=O)c1ccccc1. The molecule has 5 rings (SSSR count). The van der Waals surface area contributed by atoms with Gasteiger partial charge in [-0.2, -0.15) is 0 Å². The third-order valence-corrected chi connectivity index (χ3v) is 6.83. The largest absolute Gasteiger partial charge is 0.489 e. The van der Waals surface area contributed by atoms with Gasteiger partial charge in [0, 0.05) is 5.56 Å². The van der Waals surface area contributed by atoms with Crippen LogP contribution in [0.25, 0.3) is 11.1 Å². The number of hydrogen-bond donors (Lipinski definition) is 1. The van der Waals surface area contributed by atoms with Crippen LogP contribution in [0, 0.1) is 5.92 Å². The molecule has 1 aliphatic carbocycles. The van der Waals surface area contributed by atoms with Crippen molar-refractivity contribution in [3.63, 3.8) is 0 Å². The maximum Gasteiger partial charge on any atom is 0.231 e. The topological polar surface area (TPSA) is 55.4 Å². The zero-order chi connectivity index (χ0) is 24.9. The predicted octanol–water partition coefficient (Wildman–Crippen LogP) is 6.56. The molecule has 180 valence electrons. The van der Waals surface area contributed by atoms with E-state index in [1.54, 1.807) is 6.07 Å². The minimum Gasteiger partial charge on any atom is -0.489 e. The molecule has 0 saturated carbocycles. The molecule has 2 atom stereocenters. The third kappa shape index (κ3) is 5.08. The van der Waals surface area contributed by atoms with E-state index in [1.807, 2.05) is 79.7 Å². The lowest BCUT2D eigenvalue weighted by molar-refractivity contribution is -0.124. The highest BCUT2D eigenvalue weighted by Crippen LogP contribution is 2.31. The molecule has 1 amide bonds. The van der Waals surface area contributed by atoms with E-state index in [2.05, 4.69) is 29.6 Å². The lowest BCUT2D eigenvalue weighted by Gasteiger charge is -2.25. The monoisotopic (exact) mass is 475 g/mol. The summed E-state index contributed by atoms with van der Waals surface area (Å²) >= 11 is 0. The number of ketones is 1. The number of rotatable bonds is 7. The summed E-state index contributed by atoms with van der Waals surface area (Å²) < 4.78 is 6.14. The minimum absolute atomic E-state index is 0.116. The van der Waals surface area contributed by atoms with Crippen LogP contribution in [-0.4, -0.2) is 11.7 Å². The van der Waals surface area contributed by atoms with Crippen LogP contribution in [0.1, 0.15) is 46.4 Å². The maximum absolute atomic E-state index is 13.2. The number of nitrogens with one attached hydrogen (secondary N) is 1. The number of ether oxygens (including phenoxy) is 1. The van der Waals surface area contributed by atoms with E-state index in [1.165, 1.54) is 0 Å². The first-order chi connectivity index (χ1) is 17.6. The molecule has 4 aromatic rings. The van der Waals surface area contributed by atoms with Gasteiger partial charge < -0.3 is 10.1 Å². The Bertz CT molecular complexity index is 1360. The first kappa shape index (κ1) is 23.6. The molecule has 1 unspecified atom stereocenters. The van der Waals surface area contributed by atoms with E-state index in [0.29, 0.717) is 25.0 Å². The number of hydrogen-bond acceptors (Lipinski definition) is 3. The number of carbonyl (C=O) groups is 2. The Morgan fingerprint density at radius 3 is 2.36 bits per heavy atom. The molecule has 0 aliphatic heterocycles. The molecule has 4 heteroatoms. The summed E-state index contributed by atoms with van der Waals surface area (Å²) in [6.45, 7) is 2.37. The van der Waals surface area contributed by atoms with Crippen molar-refractivity contribution in [1.29, 1.82) is 0 Å². The zero-order valence-corrected chi connectivity index (χ0v) is 20.3. The molecular formula is C32H29NO3. The fraction of sp³-hybridized carbons (Fsp3) is 0.188. The van der Waals surface area contributed by atoms with Gasteiger partial charge in [0.05, 0.1) is 6.04 Å². The maximum atomic E-state index is 13.2. The summed E-state index contributed by atoms with van der Waals surface area (Å²) in [5.41, 5.74) is 5.97. The molecule has 1 N–H and O–H groups in total. The Hall–Kier alpha value is -4.18. The number of aryl methyl sites for hydroxylation is 1. The molecule has 0 bridgehead atoms. The van der Waals surface area contributed by atoms with Gasteiger partial charge in [-0.15, -0.1) is 0 Å². The van der Waals surface area contributed by atoms with Gasteiger partial charge in [-0.25, -0.2) is 0 Å². The fourth-order valence-corrected chi connectivity index (χ4v) is 4.82. The fourth-order valence-electron chi connectivity index (χ4n) is 4.82. The molecule has 0 radical (unpaired) electrons. The van der Waals surface area contributed by atoms with Gasteiger partial charge in [0.15, 0.2) is 5.78 Å². The molecule has 1 aliphatic rings. The van der Waals surface area contributed by atoms with Gasteiger partial charge in [-0.3, -0.25) is 9.59 Å². The van der Waals surface area contributed by atoms with Crippen molar-refractivity contribution in [2.24, 2.45) is 5.92 Å². The van der Waals surface area contributed by atoms with Crippen LogP contribution in [0.15, 0.2) is 103 Å². The van der Waals surface area contributed by atoms with Gasteiger partial charge in [0.2, 0.25) is 5.91 Å². The van der Waals surface area contributed by atoms with Gasteiger partial charge in [0.1, 0.15) is 18.3 Å². The number of benzene rings is 4. The first-order valence-electron chi connectivity index (χ1n) is 12.4.